The summed E-state index contributed by atoms with van der Waals surface area (Å²) in [5.41, 5.74) is 13.8. The summed E-state index contributed by atoms with van der Waals surface area (Å²) in [4.78, 5) is 93.9. The number of rotatable bonds is 5. The van der Waals surface area contributed by atoms with E-state index in [4.69, 9.17) is 97.9 Å². The fourth-order valence-corrected chi connectivity index (χ4v) is 11.4. The molecule has 28 nitrogen and oxygen atoms in total. The van der Waals surface area contributed by atoms with Gasteiger partial charge in [0, 0.05) is 60.7 Å². The van der Waals surface area contributed by atoms with Crippen molar-refractivity contribution in [1.82, 2.24) is 49.8 Å². The van der Waals surface area contributed by atoms with Crippen LogP contribution in [0, 0.1) is 115 Å². The molecule has 32 heteroatoms. The van der Waals surface area contributed by atoms with Crippen LogP contribution >= 0.6 is 34.8 Å². The van der Waals surface area contributed by atoms with Crippen LogP contribution in [0.2, 0.25) is 15.1 Å². The quantitative estimate of drug-likeness (QED) is 0.0699. The minimum Gasteiger partial charge on any atom is -0.410 e. The Kier molecular flexibility index (Phi) is 19.2. The van der Waals surface area contributed by atoms with Gasteiger partial charge in [-0.25, -0.2) is 54.2 Å². The van der Waals surface area contributed by atoms with Crippen molar-refractivity contribution >= 4 is 69.5 Å². The second-order valence-corrected chi connectivity index (χ2v) is 22.5. The average molecular weight is 1410 g/mol. The number of benzene rings is 5. The highest BCUT2D eigenvalue weighted by atomic mass is 35.5. The van der Waals surface area contributed by atoms with Gasteiger partial charge >= 0.3 is 0 Å². The van der Waals surface area contributed by atoms with Crippen LogP contribution in [-0.2, 0) is 11.3 Å². The molecule has 5 aromatic carbocycles. The number of carbonyl (C=O) groups is 4. The number of aromatic nitrogens is 10. The van der Waals surface area contributed by atoms with Gasteiger partial charge in [-0.15, -0.1) is 0 Å². The number of ketones is 3. The summed E-state index contributed by atoms with van der Waals surface area (Å²) in [5.74, 6) is -2.43. The maximum atomic E-state index is 13.6. The molecule has 3 N–H and O–H groups in total. The van der Waals surface area contributed by atoms with Crippen LogP contribution in [0.25, 0.3) is 56.3 Å². The Morgan fingerprint density at radius 3 is 1.40 bits per heavy atom. The van der Waals surface area contributed by atoms with Crippen LogP contribution in [0.4, 0.5) is 4.39 Å². The lowest BCUT2D eigenvalue weighted by Crippen LogP contribution is -2.18. The Bertz CT molecular complexity index is 6030. The van der Waals surface area contributed by atoms with Gasteiger partial charge in [0.15, 0.2) is 56.9 Å². The van der Waals surface area contributed by atoms with Crippen LogP contribution in [0.5, 0.6) is 0 Å². The standard InChI is InChI=1S/C16H8ClN5O.C15H8N4O.C14H5FN4O.C13H2Cl2N4O.C13H7N5O2/c1-2-5-23-22-15-10-4-3-9(17)6-11(10)14-16(15)21-13(8-19)12(7-18)20-14;1-2-8-3-4-9-10(5-8)13-14(15(9)20)19-12(7-17)11(6-16)18-13;1-6-8(15)3-2-7-11(6)14(20)13-12(7)18-9(4-16)10(5-17)19-13;14-7-1-5-6(2-8(7)15)13(20)12-11(5)18-9(3-16)10(4-17)19-12;14-5-8-11(13(15)19)17-9-6-3-1-2-4-7(6)10(18-20)12(9)16-8/h2-4,6H,1,5H2;3-5H,2H2,1H3;2-3H,1H3;1-2H;1-4,20H,(H2,15,19). The predicted molar refractivity (Wildman–Crippen MR) is 357 cm³/mol. The minimum absolute atomic E-state index is 0.00995. The summed E-state index contributed by atoms with van der Waals surface area (Å²) in [5, 5.41) is 98.4. The Labute approximate surface area is 593 Å². The van der Waals surface area contributed by atoms with Gasteiger partial charge in [0.2, 0.25) is 17.3 Å². The number of hydrogen-bond donors (Lipinski definition) is 2. The largest absolute Gasteiger partial charge is 0.410 e. The summed E-state index contributed by atoms with van der Waals surface area (Å²) in [6.07, 6.45) is 2.40. The smallest absolute Gasteiger partial charge is 0.270 e. The van der Waals surface area contributed by atoms with E-state index in [1.54, 1.807) is 91.0 Å². The highest BCUT2D eigenvalue weighted by Gasteiger charge is 2.37. The second-order valence-electron chi connectivity index (χ2n) is 21.3. The van der Waals surface area contributed by atoms with Crippen molar-refractivity contribution in [2.24, 2.45) is 16.0 Å². The molecule has 488 valence electrons. The molecule has 0 aliphatic heterocycles. The van der Waals surface area contributed by atoms with E-state index in [2.05, 4.69) is 66.7 Å². The number of nitriles is 9. The minimum atomic E-state index is -0.830. The monoisotopic (exact) mass is 1410 g/mol. The lowest BCUT2D eigenvalue weighted by Gasteiger charge is -2.02. The third-order valence-corrected chi connectivity index (χ3v) is 16.5. The van der Waals surface area contributed by atoms with Crippen LogP contribution in [-0.4, -0.2) is 96.3 Å². The predicted octanol–water partition coefficient (Wildman–Crippen LogP) is 10.1. The average Bonchev–Trinajstić information content (AvgIpc) is 1.64. The first-order valence-electron chi connectivity index (χ1n) is 29.2. The Morgan fingerprint density at radius 2 is 0.893 bits per heavy atom. The molecule has 0 saturated carbocycles. The molecule has 5 aliphatic rings. The van der Waals surface area contributed by atoms with Crippen molar-refractivity contribution in [3.05, 3.63) is 243 Å². The van der Waals surface area contributed by atoms with Crippen LogP contribution < -0.4 is 5.73 Å². The first kappa shape index (κ1) is 69.2. The summed E-state index contributed by atoms with van der Waals surface area (Å²) >= 11 is 17.9. The van der Waals surface area contributed by atoms with E-state index < -0.39 is 17.5 Å². The molecule has 0 saturated heterocycles. The molecule has 5 aromatic heterocycles. The molecular weight excluding hydrogens is 1380 g/mol. The number of oxime groups is 2. The molecule has 10 aromatic rings. The molecule has 0 bridgehead atoms. The lowest BCUT2D eigenvalue weighted by atomic mass is 10.0. The maximum absolute atomic E-state index is 13.6. The van der Waals surface area contributed by atoms with Crippen molar-refractivity contribution in [2.75, 3.05) is 6.61 Å². The van der Waals surface area contributed by atoms with E-state index in [1.165, 1.54) is 31.2 Å². The first-order valence-corrected chi connectivity index (χ1v) is 30.3. The molecule has 0 radical (unpaired) electrons. The van der Waals surface area contributed by atoms with E-state index in [9.17, 15) is 23.6 Å². The first-order chi connectivity index (χ1) is 49.7. The van der Waals surface area contributed by atoms with E-state index in [-0.39, 0.29) is 136 Å². The van der Waals surface area contributed by atoms with Gasteiger partial charge in [-0.1, -0.05) is 107 Å². The highest BCUT2D eigenvalue weighted by Crippen LogP contribution is 2.42. The van der Waals surface area contributed by atoms with Crippen molar-refractivity contribution in [3.8, 4) is 111 Å². The van der Waals surface area contributed by atoms with Gasteiger partial charge in [0.05, 0.1) is 10.0 Å². The maximum Gasteiger partial charge on any atom is 0.270 e. The third-order valence-electron chi connectivity index (χ3n) is 15.6. The third kappa shape index (κ3) is 12.3. The van der Waals surface area contributed by atoms with E-state index >= 15 is 0 Å². The SMILES string of the molecule is C=CCON=C1c2ccc(Cl)cc2-c2nc(C#N)c(C#N)nc21.CCc1ccc2c(c1)-c1nc(C#N)c(C#N)nc1C2=O.Cc1c(F)ccc2c1C(=O)c1nc(C#N)c(C#N)nc1-2.N#Cc1nc2c(nc1C#N)-c1cc(Cl)c(Cl)cc1C2=O.N#Cc1nc2c(nc1C(N)=O)-c1ccccc1C2=NO. The Hall–Kier alpha value is -15.1. The number of primary amides is 1. The zero-order chi connectivity index (χ0) is 73.8. The van der Waals surface area contributed by atoms with Crippen LogP contribution in [0.1, 0.15) is 150 Å². The van der Waals surface area contributed by atoms with Gasteiger partial charge in [-0.2, -0.15) is 47.4 Å². The molecule has 1 amide bonds. The molecule has 15 rings (SSSR count). The number of amides is 1. The van der Waals surface area contributed by atoms with Gasteiger partial charge in [-0.3, -0.25) is 19.2 Å². The zero-order valence-electron chi connectivity index (χ0n) is 52.3. The number of aryl methyl sites for hydroxylation is 1. The number of nitrogens with two attached hydrogens (primary N) is 1. The van der Waals surface area contributed by atoms with Crippen LogP contribution in [0.15, 0.2) is 108 Å². The van der Waals surface area contributed by atoms with Crippen molar-refractivity contribution in [1.29, 1.82) is 47.4 Å². The molecule has 0 fully saturated rings. The second kappa shape index (κ2) is 28.5. The fourth-order valence-electron chi connectivity index (χ4n) is 10.9. The number of nitrogens with zero attached hydrogens (tertiary/aromatic N) is 21. The van der Waals surface area contributed by atoms with Crippen LogP contribution in [0.3, 0.4) is 0 Å². The Morgan fingerprint density at radius 1 is 0.495 bits per heavy atom. The molecule has 0 unspecified atom stereocenters. The topological polar surface area (TPSA) is 491 Å². The van der Waals surface area contributed by atoms with Gasteiger partial charge in [0.1, 0.15) is 135 Å². The van der Waals surface area contributed by atoms with Gasteiger partial charge < -0.3 is 15.8 Å². The molecule has 103 heavy (non-hydrogen) atoms. The van der Waals surface area contributed by atoms with Crippen molar-refractivity contribution < 1.29 is 33.6 Å². The normalized spacial score (nSPS) is 12.2. The molecule has 5 aliphatic carbocycles. The zero-order valence-corrected chi connectivity index (χ0v) is 54.5. The number of hydrogen-bond acceptors (Lipinski definition) is 27. The lowest BCUT2D eigenvalue weighted by molar-refractivity contribution is 0.0991. The molecular formula is C71H30Cl3FN22O6. The van der Waals surface area contributed by atoms with Gasteiger partial charge in [0.25, 0.3) is 5.91 Å². The number of carbonyl (C=O) groups excluding carboxylic acids is 4. The van der Waals surface area contributed by atoms with Gasteiger partial charge in [-0.05, 0) is 66.9 Å². The summed E-state index contributed by atoms with van der Waals surface area (Å²) < 4.78 is 13.6. The molecule has 0 spiro atoms. The summed E-state index contributed by atoms with van der Waals surface area (Å²) in [6, 6.07) is 39.6. The van der Waals surface area contributed by atoms with E-state index in [0.29, 0.717) is 78.0 Å². The fraction of sp³-hybridized carbons (Fsp3) is 0.0563. The van der Waals surface area contributed by atoms with E-state index in [0.717, 1.165) is 17.5 Å². The van der Waals surface area contributed by atoms with Crippen molar-refractivity contribution in [3.63, 3.8) is 0 Å². The molecule has 5 heterocycles. The summed E-state index contributed by atoms with van der Waals surface area (Å²) in [7, 11) is 0. The highest BCUT2D eigenvalue weighted by molar-refractivity contribution is 6.43. The molecule has 0 atom stereocenters. The number of fused-ring (bicyclic) bond motifs is 15. The Balaban J connectivity index is 0.000000129. The number of halogens is 4. The summed E-state index contributed by atoms with van der Waals surface area (Å²) in [6.45, 7) is 7.30. The van der Waals surface area contributed by atoms with Crippen molar-refractivity contribution in [2.45, 2.75) is 20.3 Å². The van der Waals surface area contributed by atoms with E-state index in [1.807, 2.05) is 37.3 Å².